The van der Waals surface area contributed by atoms with Gasteiger partial charge < -0.3 is 5.32 Å². The second-order valence-corrected chi connectivity index (χ2v) is 4.81. The zero-order chi connectivity index (χ0) is 15.4. The number of halogens is 2. The fraction of sp³-hybridized carbons (Fsp3) is 0.133. The number of amides is 1. The lowest BCUT2D eigenvalue weighted by Crippen LogP contribution is -2.17. The summed E-state index contributed by atoms with van der Waals surface area (Å²) in [5, 5.41) is 1.80. The van der Waals surface area contributed by atoms with Crippen molar-refractivity contribution < 1.29 is 14.0 Å². The van der Waals surface area contributed by atoms with E-state index < -0.39 is 17.0 Å². The first-order valence-corrected chi connectivity index (χ1v) is 6.55. The molecule has 0 saturated heterocycles. The topological polar surface area (TPSA) is 59.1 Å². The minimum Gasteiger partial charge on any atom is -0.310 e. The number of carbonyl (C=O) groups excluding carboxylic acids is 2. The van der Waals surface area contributed by atoms with Gasteiger partial charge in [0.05, 0.1) is 12.0 Å². The number of aromatic nitrogens is 1. The number of carbonyl (C=O) groups is 2. The monoisotopic (exact) mass is 306 g/mol. The molecule has 0 atom stereocenters. The van der Waals surface area contributed by atoms with E-state index in [1.54, 1.807) is 19.1 Å². The Hall–Kier alpha value is -2.27. The van der Waals surface area contributed by atoms with Gasteiger partial charge in [0.25, 0.3) is 5.24 Å². The van der Waals surface area contributed by atoms with E-state index in [0.29, 0.717) is 5.56 Å². The summed E-state index contributed by atoms with van der Waals surface area (Å²) in [5.41, 5.74) is 1.49. The molecule has 1 aromatic carbocycles. The van der Waals surface area contributed by atoms with E-state index in [1.165, 1.54) is 24.4 Å². The van der Waals surface area contributed by atoms with E-state index in [2.05, 4.69) is 10.3 Å². The lowest BCUT2D eigenvalue weighted by molar-refractivity contribution is -0.115. The summed E-state index contributed by atoms with van der Waals surface area (Å²) in [6.07, 6.45) is 1.42. The minimum atomic E-state index is -0.708. The number of rotatable bonds is 4. The highest BCUT2D eigenvalue weighted by molar-refractivity contribution is 6.68. The van der Waals surface area contributed by atoms with Crippen LogP contribution in [-0.4, -0.2) is 16.1 Å². The molecule has 6 heteroatoms. The highest BCUT2D eigenvalue weighted by Gasteiger charge is 2.13. The lowest BCUT2D eigenvalue weighted by atomic mass is 10.1. The van der Waals surface area contributed by atoms with Crippen LogP contribution in [0.4, 0.5) is 10.2 Å². The Bertz CT molecular complexity index is 704. The van der Waals surface area contributed by atoms with E-state index in [1.807, 2.05) is 0 Å². The third kappa shape index (κ3) is 3.86. The van der Waals surface area contributed by atoms with E-state index in [4.69, 9.17) is 11.6 Å². The first-order valence-electron chi connectivity index (χ1n) is 6.17. The molecule has 0 radical (unpaired) electrons. The van der Waals surface area contributed by atoms with Crippen LogP contribution in [0.15, 0.2) is 36.5 Å². The van der Waals surface area contributed by atoms with Crippen molar-refractivity contribution in [1.82, 2.24) is 4.98 Å². The third-order valence-electron chi connectivity index (χ3n) is 2.94. The van der Waals surface area contributed by atoms with Crippen LogP contribution in [0.3, 0.4) is 0 Å². The van der Waals surface area contributed by atoms with Crippen LogP contribution >= 0.6 is 11.6 Å². The Balaban J connectivity index is 2.16. The highest BCUT2D eigenvalue weighted by Crippen LogP contribution is 2.16. The Labute approximate surface area is 126 Å². The largest absolute Gasteiger partial charge is 0.310 e. The van der Waals surface area contributed by atoms with Gasteiger partial charge in [0, 0.05) is 6.20 Å². The van der Waals surface area contributed by atoms with Gasteiger partial charge in [-0.15, -0.1) is 0 Å². The molecule has 1 aromatic heterocycles. The molecular weight excluding hydrogens is 295 g/mol. The van der Waals surface area contributed by atoms with E-state index in [0.717, 1.165) is 5.56 Å². The van der Waals surface area contributed by atoms with Crippen LogP contribution in [0.25, 0.3) is 0 Å². The second-order valence-electron chi connectivity index (χ2n) is 4.47. The molecule has 0 fully saturated rings. The van der Waals surface area contributed by atoms with Crippen molar-refractivity contribution in [1.29, 1.82) is 0 Å². The summed E-state index contributed by atoms with van der Waals surface area (Å²) in [7, 11) is 0. The number of hydrogen-bond acceptors (Lipinski definition) is 3. The number of pyridine rings is 1. The molecule has 2 rings (SSSR count). The van der Waals surface area contributed by atoms with Crippen molar-refractivity contribution in [2.24, 2.45) is 0 Å². The van der Waals surface area contributed by atoms with Gasteiger partial charge in [-0.2, -0.15) is 0 Å². The van der Waals surface area contributed by atoms with Gasteiger partial charge in [-0.25, -0.2) is 9.37 Å². The van der Waals surface area contributed by atoms with Crippen LogP contribution in [0.5, 0.6) is 0 Å². The molecule has 0 aliphatic carbocycles. The maximum atomic E-state index is 13.2. The molecule has 0 aliphatic rings. The number of aryl methyl sites for hydroxylation is 1. The van der Waals surface area contributed by atoms with E-state index in [-0.39, 0.29) is 17.8 Å². The zero-order valence-electron chi connectivity index (χ0n) is 11.2. The maximum absolute atomic E-state index is 13.2. The molecule has 2 aromatic rings. The summed E-state index contributed by atoms with van der Waals surface area (Å²) in [4.78, 5) is 27.1. The molecule has 0 unspecified atom stereocenters. The normalized spacial score (nSPS) is 10.2. The van der Waals surface area contributed by atoms with Crippen LogP contribution in [-0.2, 0) is 11.2 Å². The van der Waals surface area contributed by atoms with Crippen molar-refractivity contribution >= 4 is 28.6 Å². The van der Waals surface area contributed by atoms with Gasteiger partial charge >= 0.3 is 0 Å². The Morgan fingerprint density at radius 3 is 2.81 bits per heavy atom. The van der Waals surface area contributed by atoms with Crippen molar-refractivity contribution in [3.8, 4) is 0 Å². The van der Waals surface area contributed by atoms with Crippen LogP contribution in [0.1, 0.15) is 21.5 Å². The maximum Gasteiger partial charge on any atom is 0.256 e. The van der Waals surface area contributed by atoms with Crippen molar-refractivity contribution in [3.05, 3.63) is 59.0 Å². The molecular formula is C15H12ClFN2O2. The van der Waals surface area contributed by atoms with Crippen molar-refractivity contribution in [2.75, 3.05) is 5.32 Å². The SMILES string of the molecule is Cc1ccc(F)cc1CC(=O)Nc1ncccc1C(=O)Cl. The highest BCUT2D eigenvalue weighted by atomic mass is 35.5. The number of nitrogens with one attached hydrogen (secondary N) is 1. The summed E-state index contributed by atoms with van der Waals surface area (Å²) in [6, 6.07) is 7.25. The molecule has 0 saturated carbocycles. The van der Waals surface area contributed by atoms with Gasteiger partial charge in [-0.05, 0) is 53.9 Å². The fourth-order valence-corrected chi connectivity index (χ4v) is 2.00. The Morgan fingerprint density at radius 1 is 1.33 bits per heavy atom. The molecule has 0 spiro atoms. The molecule has 21 heavy (non-hydrogen) atoms. The van der Waals surface area contributed by atoms with Gasteiger partial charge in [-0.1, -0.05) is 6.07 Å². The van der Waals surface area contributed by atoms with E-state index in [9.17, 15) is 14.0 Å². The average molecular weight is 307 g/mol. The molecule has 1 heterocycles. The Kier molecular flexibility index (Phi) is 4.65. The molecule has 4 nitrogen and oxygen atoms in total. The molecule has 0 aliphatic heterocycles. The molecule has 1 amide bonds. The number of benzene rings is 1. The van der Waals surface area contributed by atoms with Crippen molar-refractivity contribution in [3.63, 3.8) is 0 Å². The third-order valence-corrected chi connectivity index (χ3v) is 3.14. The van der Waals surface area contributed by atoms with Crippen LogP contribution < -0.4 is 5.32 Å². The average Bonchev–Trinajstić information content (AvgIpc) is 2.43. The molecule has 0 bridgehead atoms. The van der Waals surface area contributed by atoms with Crippen LogP contribution in [0, 0.1) is 12.7 Å². The summed E-state index contributed by atoms with van der Waals surface area (Å²) >= 11 is 5.42. The lowest BCUT2D eigenvalue weighted by Gasteiger charge is -2.09. The first-order chi connectivity index (χ1) is 9.97. The van der Waals surface area contributed by atoms with Gasteiger partial charge in [0.1, 0.15) is 11.6 Å². The smallest absolute Gasteiger partial charge is 0.256 e. The van der Waals surface area contributed by atoms with E-state index >= 15 is 0 Å². The predicted molar refractivity (Wildman–Crippen MR) is 77.9 cm³/mol. The molecule has 108 valence electrons. The summed E-state index contributed by atoms with van der Waals surface area (Å²) in [5.74, 6) is -0.712. The fourth-order valence-electron chi connectivity index (χ4n) is 1.84. The minimum absolute atomic E-state index is 0.0178. The van der Waals surface area contributed by atoms with Gasteiger partial charge in [0.2, 0.25) is 5.91 Å². The van der Waals surface area contributed by atoms with Gasteiger partial charge in [-0.3, -0.25) is 9.59 Å². The number of hydrogen-bond donors (Lipinski definition) is 1. The zero-order valence-corrected chi connectivity index (χ0v) is 11.9. The molecule has 1 N–H and O–H groups in total. The van der Waals surface area contributed by atoms with Crippen molar-refractivity contribution in [2.45, 2.75) is 13.3 Å². The standard InChI is InChI=1S/C15H12ClFN2O2/c1-9-4-5-11(17)7-10(9)8-13(20)19-15-12(14(16)21)3-2-6-18-15/h2-7H,8H2,1H3,(H,18,19,20). The first kappa shape index (κ1) is 15.1. The Morgan fingerprint density at radius 2 is 2.10 bits per heavy atom. The van der Waals surface area contributed by atoms with Crippen LogP contribution in [0.2, 0.25) is 0 Å². The number of anilines is 1. The second kappa shape index (κ2) is 6.45. The predicted octanol–water partition coefficient (Wildman–Crippen LogP) is 3.09. The number of nitrogens with zero attached hydrogens (tertiary/aromatic N) is 1. The van der Waals surface area contributed by atoms with Gasteiger partial charge in [0.15, 0.2) is 0 Å². The summed E-state index contributed by atoms with van der Waals surface area (Å²) < 4.78 is 13.2. The quantitative estimate of drug-likeness (QED) is 0.883. The summed E-state index contributed by atoms with van der Waals surface area (Å²) in [6.45, 7) is 1.79.